The molecular weight excluding hydrogens is 225 g/mol. The van der Waals surface area contributed by atoms with Gasteiger partial charge in [-0.15, -0.1) is 10.2 Å². The van der Waals surface area contributed by atoms with Gasteiger partial charge in [0.25, 0.3) is 5.91 Å². The molecule has 1 aromatic carbocycles. The second-order valence-corrected chi connectivity index (χ2v) is 3.53. The van der Waals surface area contributed by atoms with Gasteiger partial charge in [-0.2, -0.15) is 5.21 Å². The highest BCUT2D eigenvalue weighted by Gasteiger charge is 2.08. The van der Waals surface area contributed by atoms with Gasteiger partial charge in [0, 0.05) is 5.56 Å². The van der Waals surface area contributed by atoms with Crippen LogP contribution in [0.1, 0.15) is 21.7 Å². The maximum atomic E-state index is 13.1. The van der Waals surface area contributed by atoms with E-state index < -0.39 is 5.82 Å². The Kier molecular flexibility index (Phi) is 3.08. The predicted octanol–water partition coefficient (Wildman–Crippen LogP) is 0.577. The Hall–Kier alpha value is -2.31. The van der Waals surface area contributed by atoms with E-state index in [0.29, 0.717) is 11.4 Å². The molecule has 2 aromatic rings. The van der Waals surface area contributed by atoms with Crippen molar-refractivity contribution in [3.05, 3.63) is 41.0 Å². The molecule has 0 saturated carbocycles. The van der Waals surface area contributed by atoms with Crippen molar-refractivity contribution in [3.63, 3.8) is 0 Å². The monoisotopic (exact) mass is 235 g/mol. The number of hydrogen-bond acceptors (Lipinski definition) is 4. The number of halogens is 1. The number of hydrogen-bond donors (Lipinski definition) is 2. The van der Waals surface area contributed by atoms with E-state index in [4.69, 9.17) is 0 Å². The van der Waals surface area contributed by atoms with Gasteiger partial charge in [0.05, 0.1) is 6.54 Å². The number of carbonyl (C=O) groups excluding carboxylic acids is 1. The predicted molar refractivity (Wildman–Crippen MR) is 56.5 cm³/mol. The molecular formula is C10H10FN5O. The van der Waals surface area contributed by atoms with Crippen molar-refractivity contribution in [2.24, 2.45) is 0 Å². The van der Waals surface area contributed by atoms with Crippen molar-refractivity contribution >= 4 is 5.91 Å². The van der Waals surface area contributed by atoms with Gasteiger partial charge < -0.3 is 5.32 Å². The summed E-state index contributed by atoms with van der Waals surface area (Å²) < 4.78 is 13.1. The number of carbonyl (C=O) groups is 1. The molecule has 7 heteroatoms. The van der Waals surface area contributed by atoms with Gasteiger partial charge in [-0.05, 0) is 30.7 Å². The first-order chi connectivity index (χ1) is 8.15. The van der Waals surface area contributed by atoms with Crippen molar-refractivity contribution in [2.45, 2.75) is 13.5 Å². The highest BCUT2D eigenvalue weighted by Crippen LogP contribution is 2.08. The molecule has 2 rings (SSSR count). The highest BCUT2D eigenvalue weighted by molar-refractivity contribution is 5.94. The third-order valence-corrected chi connectivity index (χ3v) is 2.10. The molecule has 1 aromatic heterocycles. The fourth-order valence-electron chi connectivity index (χ4n) is 1.39. The van der Waals surface area contributed by atoms with Crippen LogP contribution in [0.3, 0.4) is 0 Å². The number of amides is 1. The van der Waals surface area contributed by atoms with Gasteiger partial charge in [0.1, 0.15) is 5.82 Å². The third-order valence-electron chi connectivity index (χ3n) is 2.10. The van der Waals surface area contributed by atoms with Crippen molar-refractivity contribution in [3.8, 4) is 0 Å². The van der Waals surface area contributed by atoms with E-state index in [9.17, 15) is 9.18 Å². The van der Waals surface area contributed by atoms with Gasteiger partial charge in [0.15, 0.2) is 5.82 Å². The van der Waals surface area contributed by atoms with E-state index >= 15 is 0 Å². The standard InChI is InChI=1S/C10H10FN5O/c1-6-2-7(4-8(11)3-6)10(17)12-5-9-13-15-16-14-9/h2-4H,5H2,1H3,(H,12,17)(H,13,14,15,16). The zero-order valence-corrected chi connectivity index (χ0v) is 9.07. The Morgan fingerprint density at radius 1 is 1.47 bits per heavy atom. The second kappa shape index (κ2) is 4.69. The molecule has 0 radical (unpaired) electrons. The highest BCUT2D eigenvalue weighted by atomic mass is 19.1. The summed E-state index contributed by atoms with van der Waals surface area (Å²) in [6, 6.07) is 4.14. The molecule has 0 unspecified atom stereocenters. The number of benzene rings is 1. The van der Waals surface area contributed by atoms with E-state index in [1.165, 1.54) is 12.1 Å². The summed E-state index contributed by atoms with van der Waals surface area (Å²) in [5.74, 6) is -0.446. The first kappa shape index (κ1) is 11.2. The Labute approximate surface area is 96.2 Å². The maximum absolute atomic E-state index is 13.1. The van der Waals surface area contributed by atoms with E-state index in [1.807, 2.05) is 0 Å². The van der Waals surface area contributed by atoms with Crippen LogP contribution < -0.4 is 5.32 Å². The summed E-state index contributed by atoms with van der Waals surface area (Å²) in [7, 11) is 0. The fourth-order valence-corrected chi connectivity index (χ4v) is 1.39. The summed E-state index contributed by atoms with van der Waals surface area (Å²) in [4.78, 5) is 11.7. The molecule has 0 aliphatic heterocycles. The van der Waals surface area contributed by atoms with Gasteiger partial charge in [0.2, 0.25) is 0 Å². The summed E-state index contributed by atoms with van der Waals surface area (Å²) in [5.41, 5.74) is 0.959. The lowest BCUT2D eigenvalue weighted by molar-refractivity contribution is 0.0949. The van der Waals surface area contributed by atoms with Crippen molar-refractivity contribution in [1.82, 2.24) is 25.9 Å². The maximum Gasteiger partial charge on any atom is 0.251 e. The van der Waals surface area contributed by atoms with Gasteiger partial charge >= 0.3 is 0 Å². The van der Waals surface area contributed by atoms with Crippen LogP contribution in [0.25, 0.3) is 0 Å². The first-order valence-electron chi connectivity index (χ1n) is 4.93. The lowest BCUT2D eigenvalue weighted by Gasteiger charge is -2.03. The van der Waals surface area contributed by atoms with Crippen LogP contribution in [0.2, 0.25) is 0 Å². The molecule has 88 valence electrons. The van der Waals surface area contributed by atoms with Crippen LogP contribution in [0.15, 0.2) is 18.2 Å². The number of tetrazole rings is 1. The quantitative estimate of drug-likeness (QED) is 0.815. The summed E-state index contributed by atoms with van der Waals surface area (Å²) in [6.07, 6.45) is 0. The second-order valence-electron chi connectivity index (χ2n) is 3.53. The normalized spacial score (nSPS) is 10.2. The number of H-pyrrole nitrogens is 1. The van der Waals surface area contributed by atoms with E-state index in [0.717, 1.165) is 0 Å². The summed E-state index contributed by atoms with van der Waals surface area (Å²) >= 11 is 0. The molecule has 17 heavy (non-hydrogen) atoms. The molecule has 0 saturated heterocycles. The van der Waals surface area contributed by atoms with Crippen LogP contribution in [0, 0.1) is 12.7 Å². The van der Waals surface area contributed by atoms with Crippen LogP contribution in [-0.4, -0.2) is 26.5 Å². The Balaban J connectivity index is 2.04. The third kappa shape index (κ3) is 2.83. The Morgan fingerprint density at radius 3 is 2.94 bits per heavy atom. The van der Waals surface area contributed by atoms with Gasteiger partial charge in [-0.25, -0.2) is 4.39 Å². The molecule has 6 nitrogen and oxygen atoms in total. The van der Waals surface area contributed by atoms with Crippen molar-refractivity contribution in [1.29, 1.82) is 0 Å². The molecule has 0 bridgehead atoms. The van der Waals surface area contributed by atoms with Gasteiger partial charge in [-0.3, -0.25) is 4.79 Å². The molecule has 2 N–H and O–H groups in total. The molecule has 1 heterocycles. The Bertz CT molecular complexity index is 505. The molecule has 0 atom stereocenters. The van der Waals surface area contributed by atoms with Crippen LogP contribution in [-0.2, 0) is 6.54 Å². The zero-order chi connectivity index (χ0) is 12.3. The van der Waals surface area contributed by atoms with Crippen molar-refractivity contribution in [2.75, 3.05) is 0 Å². The fraction of sp³-hybridized carbons (Fsp3) is 0.200. The van der Waals surface area contributed by atoms with E-state index in [1.54, 1.807) is 13.0 Å². The topological polar surface area (TPSA) is 83.6 Å². The van der Waals surface area contributed by atoms with Crippen LogP contribution in [0.5, 0.6) is 0 Å². The number of nitrogens with one attached hydrogen (secondary N) is 2. The average Bonchev–Trinajstić information content (AvgIpc) is 2.77. The van der Waals surface area contributed by atoms with Crippen LogP contribution in [0.4, 0.5) is 4.39 Å². The Morgan fingerprint density at radius 2 is 2.29 bits per heavy atom. The molecule has 0 spiro atoms. The smallest absolute Gasteiger partial charge is 0.251 e. The number of aromatic amines is 1. The zero-order valence-electron chi connectivity index (χ0n) is 9.07. The molecule has 1 amide bonds. The van der Waals surface area contributed by atoms with E-state index in [2.05, 4.69) is 25.9 Å². The summed E-state index contributed by atoms with van der Waals surface area (Å²) in [5, 5.41) is 15.6. The molecule has 0 aliphatic carbocycles. The average molecular weight is 235 g/mol. The number of rotatable bonds is 3. The summed E-state index contributed by atoms with van der Waals surface area (Å²) in [6.45, 7) is 1.87. The van der Waals surface area contributed by atoms with Gasteiger partial charge in [-0.1, -0.05) is 5.21 Å². The number of nitrogens with zero attached hydrogens (tertiary/aromatic N) is 3. The number of aromatic nitrogens is 4. The molecule has 0 fully saturated rings. The first-order valence-corrected chi connectivity index (χ1v) is 4.93. The minimum Gasteiger partial charge on any atom is -0.345 e. The SMILES string of the molecule is Cc1cc(F)cc(C(=O)NCc2nn[nH]n2)c1. The number of aryl methyl sites for hydroxylation is 1. The lowest BCUT2D eigenvalue weighted by Crippen LogP contribution is -2.23. The van der Waals surface area contributed by atoms with Crippen LogP contribution >= 0.6 is 0 Å². The van der Waals surface area contributed by atoms with Crippen molar-refractivity contribution < 1.29 is 9.18 Å². The largest absolute Gasteiger partial charge is 0.345 e. The lowest BCUT2D eigenvalue weighted by atomic mass is 10.1. The minimum atomic E-state index is -0.435. The molecule has 0 aliphatic rings. The minimum absolute atomic E-state index is 0.144. The van der Waals surface area contributed by atoms with E-state index in [-0.39, 0.29) is 18.0 Å².